The third-order valence-electron chi connectivity index (χ3n) is 5.13. The molecule has 166 valence electrons. The largest absolute Gasteiger partial charge is 0.497 e. The molecule has 0 spiro atoms. The molecule has 0 radical (unpaired) electrons. The highest BCUT2D eigenvalue weighted by molar-refractivity contribution is 5.85. The number of anilines is 1. The summed E-state index contributed by atoms with van der Waals surface area (Å²) in [6, 6.07) is 13.8. The molecule has 1 amide bonds. The van der Waals surface area contributed by atoms with Crippen molar-refractivity contribution >= 4 is 36.4 Å². The van der Waals surface area contributed by atoms with Crippen LogP contribution in [0.25, 0.3) is 0 Å². The Balaban J connectivity index is 0.00000225. The van der Waals surface area contributed by atoms with E-state index in [0.29, 0.717) is 12.8 Å². The molecule has 3 N–H and O–H groups in total. The first-order valence-electron chi connectivity index (χ1n) is 9.64. The van der Waals surface area contributed by atoms with Crippen molar-refractivity contribution < 1.29 is 14.3 Å². The van der Waals surface area contributed by atoms with Crippen molar-refractivity contribution in [3.8, 4) is 11.5 Å². The Morgan fingerprint density at radius 3 is 2.43 bits per heavy atom. The normalized spacial score (nSPS) is 15.6. The monoisotopic (exact) mass is 455 g/mol. The van der Waals surface area contributed by atoms with Gasteiger partial charge in [-0.15, -0.1) is 24.8 Å². The summed E-state index contributed by atoms with van der Waals surface area (Å²) in [7, 11) is 3.31. The van der Waals surface area contributed by atoms with Gasteiger partial charge in [0.1, 0.15) is 11.5 Å². The van der Waals surface area contributed by atoms with Crippen LogP contribution >= 0.6 is 24.8 Å². The number of hydrogen-bond acceptors (Lipinski definition) is 5. The molecule has 30 heavy (non-hydrogen) atoms. The van der Waals surface area contributed by atoms with Gasteiger partial charge in [0.25, 0.3) is 0 Å². The van der Waals surface area contributed by atoms with Crippen LogP contribution in [0.5, 0.6) is 11.5 Å². The summed E-state index contributed by atoms with van der Waals surface area (Å²) >= 11 is 0. The number of carbonyl (C=O) groups excluding carboxylic acids is 1. The van der Waals surface area contributed by atoms with Gasteiger partial charge in [0.05, 0.1) is 14.2 Å². The third kappa shape index (κ3) is 7.27. The molecule has 1 aliphatic heterocycles. The van der Waals surface area contributed by atoms with Gasteiger partial charge in [-0.2, -0.15) is 0 Å². The van der Waals surface area contributed by atoms with Crippen LogP contribution in [0.4, 0.5) is 5.69 Å². The van der Waals surface area contributed by atoms with E-state index in [4.69, 9.17) is 15.2 Å². The highest BCUT2D eigenvalue weighted by atomic mass is 35.5. The van der Waals surface area contributed by atoms with Gasteiger partial charge < -0.3 is 20.5 Å². The number of likely N-dealkylation sites (tertiary alicyclic amines) is 1. The van der Waals surface area contributed by atoms with Gasteiger partial charge in [0.2, 0.25) is 5.91 Å². The molecule has 1 saturated heterocycles. The number of nitrogen functional groups attached to an aromatic ring is 1. The van der Waals surface area contributed by atoms with Gasteiger partial charge in [0.15, 0.2) is 0 Å². The smallest absolute Gasteiger partial charge is 0.220 e. The summed E-state index contributed by atoms with van der Waals surface area (Å²) in [6.07, 6.45) is 2.08. The molecule has 3 rings (SSSR count). The van der Waals surface area contributed by atoms with Crippen molar-refractivity contribution in [3.05, 3.63) is 53.6 Å². The molecule has 2 aromatic carbocycles. The van der Waals surface area contributed by atoms with E-state index in [-0.39, 0.29) is 36.8 Å². The van der Waals surface area contributed by atoms with Gasteiger partial charge in [-0.1, -0.05) is 18.2 Å². The molecule has 1 aliphatic rings. The van der Waals surface area contributed by atoms with Crippen LogP contribution in [0, 0.1) is 0 Å². The summed E-state index contributed by atoms with van der Waals surface area (Å²) in [5.41, 5.74) is 8.86. The van der Waals surface area contributed by atoms with E-state index in [2.05, 4.69) is 10.2 Å². The SMILES string of the molecule is COc1cc(CN2CCC(NC(=O)CCc3ccccc3N)C2)cc(OC)c1.Cl.Cl. The second-order valence-electron chi connectivity index (χ2n) is 7.21. The van der Waals surface area contributed by atoms with E-state index >= 15 is 0 Å². The number of amides is 1. The lowest BCUT2D eigenvalue weighted by Gasteiger charge is -2.18. The maximum Gasteiger partial charge on any atom is 0.220 e. The van der Waals surface area contributed by atoms with Crippen LogP contribution in [-0.4, -0.2) is 44.2 Å². The molecule has 1 unspecified atom stereocenters. The second kappa shape index (κ2) is 12.5. The Morgan fingerprint density at radius 1 is 1.13 bits per heavy atom. The number of nitrogens with one attached hydrogen (secondary N) is 1. The van der Waals surface area contributed by atoms with Crippen molar-refractivity contribution in [1.29, 1.82) is 0 Å². The summed E-state index contributed by atoms with van der Waals surface area (Å²) in [5.74, 6) is 1.66. The summed E-state index contributed by atoms with van der Waals surface area (Å²) in [5, 5.41) is 3.16. The average Bonchev–Trinajstić information content (AvgIpc) is 3.13. The number of halogens is 2. The number of para-hydroxylation sites is 1. The van der Waals surface area contributed by atoms with Crippen molar-refractivity contribution in [2.75, 3.05) is 33.0 Å². The number of carbonyl (C=O) groups is 1. The Bertz CT molecular complexity index is 798. The molecule has 1 fully saturated rings. The van der Waals surface area contributed by atoms with Crippen LogP contribution in [0.15, 0.2) is 42.5 Å². The minimum absolute atomic E-state index is 0. The molecule has 6 nitrogen and oxygen atoms in total. The molecule has 0 saturated carbocycles. The maximum absolute atomic E-state index is 12.3. The molecule has 2 aromatic rings. The molecule has 1 atom stereocenters. The van der Waals surface area contributed by atoms with Gasteiger partial charge in [-0.05, 0) is 42.2 Å². The number of nitrogens with two attached hydrogens (primary N) is 1. The van der Waals surface area contributed by atoms with Crippen LogP contribution in [0.2, 0.25) is 0 Å². The van der Waals surface area contributed by atoms with Crippen LogP contribution < -0.4 is 20.5 Å². The Morgan fingerprint density at radius 2 is 1.80 bits per heavy atom. The highest BCUT2D eigenvalue weighted by Gasteiger charge is 2.24. The van der Waals surface area contributed by atoms with E-state index < -0.39 is 0 Å². The first-order valence-corrected chi connectivity index (χ1v) is 9.64. The first-order chi connectivity index (χ1) is 13.6. The maximum atomic E-state index is 12.3. The lowest BCUT2D eigenvalue weighted by molar-refractivity contribution is -0.121. The Labute approximate surface area is 190 Å². The first kappa shape index (κ1) is 25.9. The lowest BCUT2D eigenvalue weighted by atomic mass is 10.1. The number of ether oxygens (including phenoxy) is 2. The molecule has 1 heterocycles. The van der Waals surface area contributed by atoms with Gasteiger partial charge >= 0.3 is 0 Å². The minimum atomic E-state index is 0. The highest BCUT2D eigenvalue weighted by Crippen LogP contribution is 2.24. The molecule has 0 aliphatic carbocycles. The fourth-order valence-electron chi connectivity index (χ4n) is 3.62. The Kier molecular flexibility index (Phi) is 10.8. The standard InChI is InChI=1S/C22H29N3O3.2ClH/c1-27-19-11-16(12-20(13-19)28-2)14-25-10-9-18(15-25)24-22(26)8-7-17-5-3-4-6-21(17)23;;/h3-6,11-13,18H,7-10,14-15,23H2,1-2H3,(H,24,26);2*1H. The zero-order valence-electron chi connectivity index (χ0n) is 17.4. The summed E-state index contributed by atoms with van der Waals surface area (Å²) in [6.45, 7) is 2.61. The minimum Gasteiger partial charge on any atom is -0.497 e. The Hall–Kier alpha value is -2.15. The molecule has 0 aromatic heterocycles. The van der Waals surface area contributed by atoms with Crippen LogP contribution in [-0.2, 0) is 17.8 Å². The predicted molar refractivity (Wildman–Crippen MR) is 125 cm³/mol. The molecule has 8 heteroatoms. The predicted octanol–water partition coefficient (Wildman–Crippen LogP) is 3.45. The third-order valence-corrected chi connectivity index (χ3v) is 5.13. The topological polar surface area (TPSA) is 76.8 Å². The number of hydrogen-bond donors (Lipinski definition) is 2. The molecular formula is C22H31Cl2N3O3. The van der Waals surface area contributed by atoms with Crippen molar-refractivity contribution in [1.82, 2.24) is 10.2 Å². The molecular weight excluding hydrogens is 425 g/mol. The quantitative estimate of drug-likeness (QED) is 0.595. The zero-order valence-corrected chi connectivity index (χ0v) is 19.1. The average molecular weight is 456 g/mol. The number of benzene rings is 2. The van der Waals surface area contributed by atoms with Crippen LogP contribution in [0.3, 0.4) is 0 Å². The summed E-state index contributed by atoms with van der Waals surface area (Å²) < 4.78 is 10.7. The number of aryl methyl sites for hydroxylation is 1. The van der Waals surface area contributed by atoms with Gasteiger partial charge in [-0.25, -0.2) is 0 Å². The lowest BCUT2D eigenvalue weighted by Crippen LogP contribution is -2.37. The molecule has 0 bridgehead atoms. The number of methoxy groups -OCH3 is 2. The fourth-order valence-corrected chi connectivity index (χ4v) is 3.62. The van der Waals surface area contributed by atoms with Gasteiger partial charge in [0, 0.05) is 43.9 Å². The zero-order chi connectivity index (χ0) is 19.9. The van der Waals surface area contributed by atoms with E-state index in [0.717, 1.165) is 54.4 Å². The second-order valence-corrected chi connectivity index (χ2v) is 7.21. The number of nitrogens with zero attached hydrogens (tertiary/aromatic N) is 1. The van der Waals surface area contributed by atoms with Crippen molar-refractivity contribution in [2.45, 2.75) is 31.8 Å². The fraction of sp³-hybridized carbons (Fsp3) is 0.409. The number of rotatable bonds is 8. The van der Waals surface area contributed by atoms with Crippen molar-refractivity contribution in [3.63, 3.8) is 0 Å². The van der Waals surface area contributed by atoms with E-state index in [9.17, 15) is 4.79 Å². The van der Waals surface area contributed by atoms with E-state index in [1.807, 2.05) is 42.5 Å². The van der Waals surface area contributed by atoms with Gasteiger partial charge in [-0.3, -0.25) is 9.69 Å². The van der Waals surface area contributed by atoms with Crippen molar-refractivity contribution in [2.24, 2.45) is 0 Å². The van der Waals surface area contributed by atoms with Crippen LogP contribution in [0.1, 0.15) is 24.0 Å². The van der Waals surface area contributed by atoms with E-state index in [1.165, 1.54) is 0 Å². The summed E-state index contributed by atoms with van der Waals surface area (Å²) in [4.78, 5) is 14.7. The van der Waals surface area contributed by atoms with E-state index in [1.54, 1.807) is 14.2 Å².